The van der Waals surface area contributed by atoms with Crippen molar-refractivity contribution >= 4 is 11.3 Å². The Balaban J connectivity index is 2.11. The van der Waals surface area contributed by atoms with E-state index in [0.29, 0.717) is 6.61 Å². The molecule has 0 bridgehead atoms. The summed E-state index contributed by atoms with van der Waals surface area (Å²) in [7, 11) is 0. The van der Waals surface area contributed by atoms with E-state index in [1.54, 1.807) is 0 Å². The molecule has 0 aliphatic carbocycles. The van der Waals surface area contributed by atoms with Gasteiger partial charge >= 0.3 is 0 Å². The van der Waals surface area contributed by atoms with Gasteiger partial charge in [-0.15, -0.1) is 11.3 Å². The predicted octanol–water partition coefficient (Wildman–Crippen LogP) is 4.07. The Morgan fingerprint density at radius 3 is 2.62 bits per heavy atom. The Morgan fingerprint density at radius 2 is 2.05 bits per heavy atom. The van der Waals surface area contributed by atoms with Crippen LogP contribution in [0.15, 0.2) is 24.3 Å². The van der Waals surface area contributed by atoms with Crippen LogP contribution in [-0.4, -0.2) is 10.1 Å². The molecule has 0 saturated carbocycles. The summed E-state index contributed by atoms with van der Waals surface area (Å²) in [5.41, 5.74) is 2.17. The molecule has 0 saturated heterocycles. The van der Waals surface area contributed by atoms with E-state index in [1.807, 2.05) is 12.1 Å². The molecule has 0 unspecified atom stereocenters. The Kier molecular flexibility index (Phi) is 5.01. The molecule has 0 fully saturated rings. The largest absolute Gasteiger partial charge is 0.486 e. The molecule has 0 aliphatic heterocycles. The van der Waals surface area contributed by atoms with E-state index in [-0.39, 0.29) is 12.0 Å². The molecular weight excluding hydrogens is 282 g/mol. The molecule has 1 N–H and O–H groups in total. The Morgan fingerprint density at radius 1 is 1.29 bits per heavy atom. The molecule has 0 radical (unpaired) electrons. The second kappa shape index (κ2) is 6.58. The highest BCUT2D eigenvalue weighted by Crippen LogP contribution is 2.30. The fourth-order valence-electron chi connectivity index (χ4n) is 2.16. The lowest BCUT2D eigenvalue weighted by Crippen LogP contribution is -2.14. The second-order valence-electron chi connectivity index (χ2n) is 6.08. The zero-order chi connectivity index (χ0) is 15.5. The number of aliphatic hydroxyl groups excluding tert-OH is 1. The van der Waals surface area contributed by atoms with Gasteiger partial charge in [0.2, 0.25) is 0 Å². The summed E-state index contributed by atoms with van der Waals surface area (Å²) in [6.07, 6.45) is 0.997. The third-order valence-electron chi connectivity index (χ3n) is 3.26. The summed E-state index contributed by atoms with van der Waals surface area (Å²) >= 11 is 1.53. The summed E-state index contributed by atoms with van der Waals surface area (Å²) in [6, 6.07) is 8.13. The third kappa shape index (κ3) is 4.05. The SMILES string of the molecule is CCc1cccc(OCc2nc(C(C)(C)C)c(CO)s2)c1. The predicted molar refractivity (Wildman–Crippen MR) is 86.9 cm³/mol. The maximum Gasteiger partial charge on any atom is 0.140 e. The van der Waals surface area contributed by atoms with Crippen molar-refractivity contribution in [2.45, 2.75) is 52.7 Å². The number of ether oxygens (including phenoxy) is 1. The van der Waals surface area contributed by atoms with Crippen molar-refractivity contribution in [3.63, 3.8) is 0 Å². The molecular formula is C17H23NO2S. The van der Waals surface area contributed by atoms with Crippen LogP contribution in [-0.2, 0) is 25.0 Å². The van der Waals surface area contributed by atoms with Crippen LogP contribution in [0.25, 0.3) is 0 Å². The molecule has 0 amide bonds. The quantitative estimate of drug-likeness (QED) is 0.905. The van der Waals surface area contributed by atoms with Crippen molar-refractivity contribution in [2.75, 3.05) is 0 Å². The van der Waals surface area contributed by atoms with Crippen molar-refractivity contribution in [3.8, 4) is 5.75 Å². The van der Waals surface area contributed by atoms with Gasteiger partial charge in [0.25, 0.3) is 0 Å². The summed E-state index contributed by atoms with van der Waals surface area (Å²) < 4.78 is 5.83. The number of aryl methyl sites for hydroxylation is 1. The zero-order valence-electron chi connectivity index (χ0n) is 13.1. The van der Waals surface area contributed by atoms with Crippen LogP contribution in [0.3, 0.4) is 0 Å². The minimum Gasteiger partial charge on any atom is -0.486 e. The fourth-order valence-corrected chi connectivity index (χ4v) is 3.21. The average molecular weight is 305 g/mol. The van der Waals surface area contributed by atoms with Gasteiger partial charge in [0, 0.05) is 5.41 Å². The molecule has 2 aromatic rings. The Labute approximate surface area is 130 Å². The number of thiazole rings is 1. The number of aromatic nitrogens is 1. The van der Waals surface area contributed by atoms with Crippen LogP contribution in [0, 0.1) is 0 Å². The highest BCUT2D eigenvalue weighted by Gasteiger charge is 2.22. The van der Waals surface area contributed by atoms with Crippen LogP contribution >= 0.6 is 11.3 Å². The van der Waals surface area contributed by atoms with Gasteiger partial charge in [-0.05, 0) is 24.1 Å². The van der Waals surface area contributed by atoms with Gasteiger partial charge < -0.3 is 9.84 Å². The lowest BCUT2D eigenvalue weighted by atomic mass is 9.91. The van der Waals surface area contributed by atoms with E-state index < -0.39 is 0 Å². The van der Waals surface area contributed by atoms with E-state index in [0.717, 1.165) is 27.7 Å². The Bertz CT molecular complexity index is 599. The summed E-state index contributed by atoms with van der Waals surface area (Å²) in [4.78, 5) is 5.58. The summed E-state index contributed by atoms with van der Waals surface area (Å²) in [5, 5.41) is 10.4. The molecule has 0 atom stereocenters. The van der Waals surface area contributed by atoms with Gasteiger partial charge in [0.15, 0.2) is 0 Å². The number of rotatable bonds is 5. The smallest absolute Gasteiger partial charge is 0.140 e. The zero-order valence-corrected chi connectivity index (χ0v) is 14.0. The molecule has 2 rings (SSSR count). The van der Waals surface area contributed by atoms with Gasteiger partial charge in [0.05, 0.1) is 17.2 Å². The highest BCUT2D eigenvalue weighted by atomic mass is 32.1. The van der Waals surface area contributed by atoms with E-state index in [4.69, 9.17) is 4.74 Å². The maximum absolute atomic E-state index is 9.48. The lowest BCUT2D eigenvalue weighted by molar-refractivity contribution is 0.282. The topological polar surface area (TPSA) is 42.4 Å². The van der Waals surface area contributed by atoms with Crippen LogP contribution in [0.5, 0.6) is 5.75 Å². The summed E-state index contributed by atoms with van der Waals surface area (Å²) in [6.45, 7) is 8.93. The number of hydrogen-bond acceptors (Lipinski definition) is 4. The normalized spacial score (nSPS) is 11.7. The van der Waals surface area contributed by atoms with Crippen LogP contribution < -0.4 is 4.74 Å². The summed E-state index contributed by atoms with van der Waals surface area (Å²) in [5.74, 6) is 0.868. The van der Waals surface area contributed by atoms with Crippen LogP contribution in [0.4, 0.5) is 0 Å². The van der Waals surface area contributed by atoms with Gasteiger partial charge in [-0.25, -0.2) is 4.98 Å². The first-order valence-electron chi connectivity index (χ1n) is 7.25. The van der Waals surface area contributed by atoms with Crippen LogP contribution in [0.1, 0.15) is 48.8 Å². The Hall–Kier alpha value is -1.39. The molecule has 1 aromatic heterocycles. The standard InChI is InChI=1S/C17H23NO2S/c1-5-12-7-6-8-13(9-12)20-11-15-18-16(17(2,3)4)14(10-19)21-15/h6-9,19H,5,10-11H2,1-4H3. The van der Waals surface area contributed by atoms with Gasteiger partial charge in [-0.1, -0.05) is 39.8 Å². The first-order chi connectivity index (χ1) is 9.94. The molecule has 1 heterocycles. The first-order valence-corrected chi connectivity index (χ1v) is 8.07. The number of aliphatic hydroxyl groups is 1. The van der Waals surface area contributed by atoms with E-state index in [9.17, 15) is 5.11 Å². The highest BCUT2D eigenvalue weighted by molar-refractivity contribution is 7.11. The first kappa shape index (κ1) is 16.0. The minimum atomic E-state index is -0.0606. The second-order valence-corrected chi connectivity index (χ2v) is 7.25. The van der Waals surface area contributed by atoms with E-state index >= 15 is 0 Å². The number of benzene rings is 1. The molecule has 0 spiro atoms. The lowest BCUT2D eigenvalue weighted by Gasteiger charge is -2.16. The molecule has 21 heavy (non-hydrogen) atoms. The molecule has 114 valence electrons. The monoisotopic (exact) mass is 305 g/mol. The van der Waals surface area contributed by atoms with E-state index in [2.05, 4.69) is 44.8 Å². The van der Waals surface area contributed by atoms with Crippen LogP contribution in [0.2, 0.25) is 0 Å². The maximum atomic E-state index is 9.48. The fraction of sp³-hybridized carbons (Fsp3) is 0.471. The van der Waals surface area contributed by atoms with Crippen molar-refractivity contribution in [1.82, 2.24) is 4.98 Å². The van der Waals surface area contributed by atoms with Gasteiger partial charge in [-0.3, -0.25) is 0 Å². The molecule has 1 aromatic carbocycles. The molecule has 4 heteroatoms. The number of hydrogen-bond donors (Lipinski definition) is 1. The third-order valence-corrected chi connectivity index (χ3v) is 4.28. The molecule has 0 aliphatic rings. The number of nitrogens with zero attached hydrogens (tertiary/aromatic N) is 1. The van der Waals surface area contributed by atoms with Crippen molar-refractivity contribution in [1.29, 1.82) is 0 Å². The van der Waals surface area contributed by atoms with Crippen molar-refractivity contribution in [2.24, 2.45) is 0 Å². The van der Waals surface area contributed by atoms with Gasteiger partial charge in [0.1, 0.15) is 17.4 Å². The minimum absolute atomic E-state index is 0.0373. The van der Waals surface area contributed by atoms with Crippen molar-refractivity contribution < 1.29 is 9.84 Å². The average Bonchev–Trinajstić information content (AvgIpc) is 2.89. The van der Waals surface area contributed by atoms with Crippen molar-refractivity contribution in [3.05, 3.63) is 45.4 Å². The molecule has 3 nitrogen and oxygen atoms in total. The van der Waals surface area contributed by atoms with Gasteiger partial charge in [-0.2, -0.15) is 0 Å². The van der Waals surface area contributed by atoms with E-state index in [1.165, 1.54) is 16.9 Å².